The van der Waals surface area contributed by atoms with Crippen molar-refractivity contribution in [1.29, 1.82) is 0 Å². The van der Waals surface area contributed by atoms with Crippen molar-refractivity contribution < 1.29 is 28.3 Å². The summed E-state index contributed by atoms with van der Waals surface area (Å²) in [5.74, 6) is -3.53. The van der Waals surface area contributed by atoms with Crippen LogP contribution in [-0.2, 0) is 14.3 Å². The third-order valence-electron chi connectivity index (χ3n) is 3.46. The van der Waals surface area contributed by atoms with Gasteiger partial charge in [0.1, 0.15) is 11.9 Å². The maximum atomic E-state index is 13.7. The van der Waals surface area contributed by atoms with Gasteiger partial charge in [0.25, 0.3) is 11.8 Å². The molecule has 1 aromatic rings. The zero-order chi connectivity index (χ0) is 20.4. The molecule has 1 rings (SSSR count). The Morgan fingerprint density at radius 3 is 2.41 bits per heavy atom. The summed E-state index contributed by atoms with van der Waals surface area (Å²) in [6.45, 7) is 4.89. The number of nitrogens with one attached hydrogen (secondary N) is 3. The van der Waals surface area contributed by atoms with E-state index >= 15 is 0 Å². The highest BCUT2D eigenvalue weighted by molar-refractivity contribution is 5.98. The molecular weight excluding hydrogens is 357 g/mol. The second-order valence-corrected chi connectivity index (χ2v) is 6.09. The first-order chi connectivity index (χ1) is 12.8. The minimum absolute atomic E-state index is 0.207. The summed E-state index contributed by atoms with van der Waals surface area (Å²) < 4.78 is 18.5. The summed E-state index contributed by atoms with van der Waals surface area (Å²) in [5.41, 5.74) is -0.207. The first kappa shape index (κ1) is 22.1. The Bertz CT molecular complexity index is 693. The summed E-state index contributed by atoms with van der Waals surface area (Å²) >= 11 is 0. The highest BCUT2D eigenvalue weighted by Crippen LogP contribution is 2.09. The summed E-state index contributed by atoms with van der Waals surface area (Å²) in [7, 11) is 0. The first-order valence-corrected chi connectivity index (χ1v) is 8.56. The minimum Gasteiger partial charge on any atom is -0.454 e. The topological polar surface area (TPSA) is 114 Å². The normalized spacial score (nSPS) is 11.4. The van der Waals surface area contributed by atoms with E-state index < -0.39 is 42.3 Å². The molecule has 0 aliphatic rings. The van der Waals surface area contributed by atoms with E-state index in [9.17, 15) is 23.6 Å². The fourth-order valence-corrected chi connectivity index (χ4v) is 2.03. The third kappa shape index (κ3) is 7.43. The Balaban J connectivity index is 2.61. The second-order valence-electron chi connectivity index (χ2n) is 6.09. The van der Waals surface area contributed by atoms with E-state index in [1.165, 1.54) is 18.2 Å². The lowest BCUT2D eigenvalue weighted by Crippen LogP contribution is -2.47. The van der Waals surface area contributed by atoms with Crippen LogP contribution < -0.4 is 16.0 Å². The van der Waals surface area contributed by atoms with Gasteiger partial charge < -0.3 is 15.4 Å². The van der Waals surface area contributed by atoms with E-state index in [1.807, 2.05) is 12.2 Å². The Morgan fingerprint density at radius 2 is 1.81 bits per heavy atom. The highest BCUT2D eigenvalue weighted by Gasteiger charge is 2.27. The summed E-state index contributed by atoms with van der Waals surface area (Å²) in [6.07, 6.45) is 0.703. The lowest BCUT2D eigenvalue weighted by Gasteiger charge is -2.20. The van der Waals surface area contributed by atoms with Crippen LogP contribution in [-0.4, -0.2) is 43.0 Å². The molecule has 0 fully saturated rings. The van der Waals surface area contributed by atoms with Gasteiger partial charge in [0, 0.05) is 6.54 Å². The number of benzene rings is 1. The maximum absolute atomic E-state index is 13.7. The van der Waals surface area contributed by atoms with Gasteiger partial charge in [0.2, 0.25) is 0 Å². The molecule has 8 nitrogen and oxygen atoms in total. The molecule has 0 spiro atoms. The van der Waals surface area contributed by atoms with Gasteiger partial charge in [-0.15, -0.1) is 0 Å². The molecule has 0 heterocycles. The monoisotopic (exact) mass is 381 g/mol. The number of carbonyl (C=O) groups is 4. The van der Waals surface area contributed by atoms with Crippen molar-refractivity contribution in [2.24, 2.45) is 5.92 Å². The van der Waals surface area contributed by atoms with E-state index in [4.69, 9.17) is 4.74 Å². The van der Waals surface area contributed by atoms with Crippen LogP contribution in [0.5, 0.6) is 0 Å². The summed E-state index contributed by atoms with van der Waals surface area (Å²) in [6, 6.07) is 3.58. The number of esters is 1. The Labute approximate surface area is 156 Å². The molecule has 9 heteroatoms. The van der Waals surface area contributed by atoms with E-state index in [2.05, 4.69) is 10.6 Å². The first-order valence-electron chi connectivity index (χ1n) is 8.56. The maximum Gasteiger partial charge on any atom is 0.329 e. The van der Waals surface area contributed by atoms with E-state index in [1.54, 1.807) is 13.8 Å². The van der Waals surface area contributed by atoms with Gasteiger partial charge in [-0.3, -0.25) is 14.9 Å². The van der Waals surface area contributed by atoms with Gasteiger partial charge in [-0.05, 0) is 24.5 Å². The van der Waals surface area contributed by atoms with Gasteiger partial charge >= 0.3 is 12.0 Å². The smallest absolute Gasteiger partial charge is 0.329 e. The van der Waals surface area contributed by atoms with Gasteiger partial charge in [-0.2, -0.15) is 0 Å². The van der Waals surface area contributed by atoms with Crippen LogP contribution in [0.4, 0.5) is 9.18 Å². The predicted molar refractivity (Wildman–Crippen MR) is 95.3 cm³/mol. The Kier molecular flexibility index (Phi) is 8.91. The number of hydrogen-bond acceptors (Lipinski definition) is 5. The van der Waals surface area contributed by atoms with E-state index in [0.29, 0.717) is 13.0 Å². The summed E-state index contributed by atoms with van der Waals surface area (Å²) in [4.78, 5) is 47.3. The molecule has 0 bridgehead atoms. The van der Waals surface area contributed by atoms with Crippen molar-refractivity contribution in [2.45, 2.75) is 33.2 Å². The van der Waals surface area contributed by atoms with Crippen LogP contribution in [0.1, 0.15) is 37.6 Å². The SMILES string of the molecule is CCCNC(=O)NC(=O)COC(=O)[C@@H](NC(=O)c1ccccc1F)C(C)C. The van der Waals surface area contributed by atoms with Crippen LogP contribution in [0.3, 0.4) is 0 Å². The molecule has 0 aliphatic carbocycles. The van der Waals surface area contributed by atoms with Crippen molar-refractivity contribution in [3.8, 4) is 0 Å². The molecule has 0 saturated carbocycles. The van der Waals surface area contributed by atoms with Crippen molar-refractivity contribution in [3.05, 3.63) is 35.6 Å². The Hall–Kier alpha value is -2.97. The van der Waals surface area contributed by atoms with Crippen molar-refractivity contribution in [2.75, 3.05) is 13.2 Å². The van der Waals surface area contributed by atoms with Crippen LogP contribution >= 0.6 is 0 Å². The fourth-order valence-electron chi connectivity index (χ4n) is 2.03. The zero-order valence-electron chi connectivity index (χ0n) is 15.5. The van der Waals surface area contributed by atoms with Crippen LogP contribution in [0.2, 0.25) is 0 Å². The standard InChI is InChI=1S/C18H24FN3O5/c1-4-9-20-18(26)21-14(23)10-27-17(25)15(11(2)3)22-16(24)12-7-5-6-8-13(12)19/h5-8,11,15H,4,9-10H2,1-3H3,(H,22,24)(H2,20,21,23,26)/t15-/m0/s1. The third-order valence-corrected chi connectivity index (χ3v) is 3.46. The average Bonchev–Trinajstić information content (AvgIpc) is 2.62. The van der Waals surface area contributed by atoms with Crippen molar-refractivity contribution in [3.63, 3.8) is 0 Å². The molecule has 4 amide bonds. The molecule has 1 atom stereocenters. The highest BCUT2D eigenvalue weighted by atomic mass is 19.1. The van der Waals surface area contributed by atoms with Crippen LogP contribution in [0.15, 0.2) is 24.3 Å². The van der Waals surface area contributed by atoms with Crippen molar-refractivity contribution >= 4 is 23.8 Å². The molecule has 0 aromatic heterocycles. The number of carbonyl (C=O) groups excluding carboxylic acids is 4. The molecular formula is C18H24FN3O5. The van der Waals surface area contributed by atoms with Crippen molar-refractivity contribution in [1.82, 2.24) is 16.0 Å². The Morgan fingerprint density at radius 1 is 1.15 bits per heavy atom. The number of imide groups is 1. The number of amides is 4. The lowest BCUT2D eigenvalue weighted by molar-refractivity contribution is -0.151. The minimum atomic E-state index is -1.08. The number of halogens is 1. The van der Waals surface area contributed by atoms with Gasteiger partial charge in [0.15, 0.2) is 6.61 Å². The average molecular weight is 381 g/mol. The van der Waals surface area contributed by atoms with E-state index in [0.717, 1.165) is 6.07 Å². The number of rotatable bonds is 8. The van der Waals surface area contributed by atoms with E-state index in [-0.39, 0.29) is 11.5 Å². The lowest BCUT2D eigenvalue weighted by atomic mass is 10.0. The molecule has 0 unspecified atom stereocenters. The van der Waals surface area contributed by atoms with Gasteiger partial charge in [-0.25, -0.2) is 14.0 Å². The molecule has 0 saturated heterocycles. The van der Waals surface area contributed by atoms with Crippen LogP contribution in [0, 0.1) is 11.7 Å². The zero-order valence-corrected chi connectivity index (χ0v) is 15.5. The molecule has 1 aromatic carbocycles. The fraction of sp³-hybridized carbons (Fsp3) is 0.444. The molecule has 148 valence electrons. The molecule has 27 heavy (non-hydrogen) atoms. The van der Waals surface area contributed by atoms with Crippen LogP contribution in [0.25, 0.3) is 0 Å². The predicted octanol–water partition coefficient (Wildman–Crippen LogP) is 1.36. The number of hydrogen-bond donors (Lipinski definition) is 3. The quantitative estimate of drug-likeness (QED) is 0.589. The number of urea groups is 1. The van der Waals surface area contributed by atoms with Gasteiger partial charge in [0.05, 0.1) is 5.56 Å². The van der Waals surface area contributed by atoms with Gasteiger partial charge in [-0.1, -0.05) is 32.9 Å². The summed E-state index contributed by atoms with van der Waals surface area (Å²) in [5, 5.41) is 6.85. The molecule has 3 N–H and O–H groups in total. The number of ether oxygens (including phenoxy) is 1. The largest absolute Gasteiger partial charge is 0.454 e. The second kappa shape index (κ2) is 10.9. The molecule has 0 aliphatic heterocycles. The molecule has 0 radical (unpaired) electrons.